The number of hydrogen-bond donors (Lipinski definition) is 2. The highest BCUT2D eigenvalue weighted by molar-refractivity contribution is 6.07. The summed E-state index contributed by atoms with van der Waals surface area (Å²) in [5.41, 5.74) is 7.18. The molecule has 0 saturated carbocycles. The van der Waals surface area contributed by atoms with E-state index in [1.807, 2.05) is 0 Å². The molecule has 112 valence electrons. The fourth-order valence-electron chi connectivity index (χ4n) is 1.90. The highest BCUT2D eigenvalue weighted by Crippen LogP contribution is 2.26. The fourth-order valence-corrected chi connectivity index (χ4v) is 1.90. The maximum Gasteiger partial charge on any atom is 0.259 e. The minimum Gasteiger partial charge on any atom is -0.494 e. The first-order valence-corrected chi connectivity index (χ1v) is 6.41. The van der Waals surface area contributed by atoms with Crippen molar-refractivity contribution >= 4 is 17.3 Å². The summed E-state index contributed by atoms with van der Waals surface area (Å²) < 4.78 is 11.8. The van der Waals surface area contributed by atoms with Gasteiger partial charge in [-0.15, -0.1) is 0 Å². The predicted octanol–water partition coefficient (Wildman–Crippen LogP) is 1.37. The average Bonchev–Trinajstić information content (AvgIpc) is 2.92. The van der Waals surface area contributed by atoms with E-state index in [1.165, 1.54) is 7.11 Å². The Kier molecular flexibility index (Phi) is 4.78. The fraction of sp³-hybridized carbons (Fsp3) is 0.286. The van der Waals surface area contributed by atoms with Crippen molar-refractivity contribution in [1.82, 2.24) is 9.78 Å². The molecule has 0 aliphatic rings. The largest absolute Gasteiger partial charge is 0.494 e. The van der Waals surface area contributed by atoms with E-state index in [9.17, 15) is 4.79 Å². The van der Waals surface area contributed by atoms with Crippen LogP contribution in [0.5, 0.6) is 5.75 Å². The van der Waals surface area contributed by atoms with Crippen molar-refractivity contribution in [2.45, 2.75) is 6.54 Å². The van der Waals surface area contributed by atoms with E-state index in [2.05, 4.69) is 10.4 Å². The topological polar surface area (TPSA) is 91.4 Å². The minimum absolute atomic E-state index is 0.301. The number of nitrogens with two attached hydrogens (primary N) is 1. The highest BCUT2D eigenvalue weighted by atomic mass is 16.5. The van der Waals surface area contributed by atoms with E-state index in [-0.39, 0.29) is 5.91 Å². The summed E-state index contributed by atoms with van der Waals surface area (Å²) in [4.78, 5) is 12.3. The lowest BCUT2D eigenvalue weighted by atomic mass is 10.1. The van der Waals surface area contributed by atoms with Crippen LogP contribution in [0.4, 0.5) is 11.4 Å². The number of ether oxygens (including phenoxy) is 2. The van der Waals surface area contributed by atoms with Gasteiger partial charge in [-0.3, -0.25) is 9.48 Å². The second kappa shape index (κ2) is 6.76. The Bertz CT molecular complexity index is 624. The third kappa shape index (κ3) is 3.51. The van der Waals surface area contributed by atoms with Gasteiger partial charge >= 0.3 is 0 Å². The Labute approximate surface area is 122 Å². The molecule has 2 aromatic rings. The third-order valence-electron chi connectivity index (χ3n) is 2.91. The van der Waals surface area contributed by atoms with E-state index in [0.717, 1.165) is 0 Å². The summed E-state index contributed by atoms with van der Waals surface area (Å²) in [6, 6.07) is 5.03. The molecule has 0 aliphatic heterocycles. The van der Waals surface area contributed by atoms with Crippen LogP contribution in [0, 0.1) is 0 Å². The Morgan fingerprint density at radius 2 is 2.24 bits per heavy atom. The molecular weight excluding hydrogens is 272 g/mol. The number of carbonyl (C=O) groups is 1. The summed E-state index contributed by atoms with van der Waals surface area (Å²) in [5.74, 6) is 0.0622. The maximum atomic E-state index is 12.3. The van der Waals surface area contributed by atoms with Crippen LogP contribution in [0.3, 0.4) is 0 Å². The van der Waals surface area contributed by atoms with Gasteiger partial charge in [0.25, 0.3) is 5.91 Å². The van der Waals surface area contributed by atoms with Crippen molar-refractivity contribution in [3.8, 4) is 5.75 Å². The van der Waals surface area contributed by atoms with E-state index in [4.69, 9.17) is 15.2 Å². The summed E-state index contributed by atoms with van der Waals surface area (Å²) in [6.45, 7) is 1.17. The van der Waals surface area contributed by atoms with Crippen LogP contribution in [0.15, 0.2) is 30.6 Å². The molecule has 2 rings (SSSR count). The van der Waals surface area contributed by atoms with Crippen molar-refractivity contribution in [3.05, 3.63) is 36.2 Å². The number of amides is 1. The first kappa shape index (κ1) is 14.9. The van der Waals surface area contributed by atoms with Crippen molar-refractivity contribution < 1.29 is 14.3 Å². The molecule has 0 atom stereocenters. The number of benzene rings is 1. The number of para-hydroxylation sites is 1. The highest BCUT2D eigenvalue weighted by Gasteiger charge is 2.15. The molecular formula is C14H18N4O3. The molecule has 1 amide bonds. The molecule has 0 saturated heterocycles. The molecule has 0 spiro atoms. The molecule has 3 N–H and O–H groups in total. The van der Waals surface area contributed by atoms with Crippen LogP contribution in [0.2, 0.25) is 0 Å². The molecule has 1 aromatic carbocycles. The maximum absolute atomic E-state index is 12.3. The monoisotopic (exact) mass is 290 g/mol. The van der Waals surface area contributed by atoms with Gasteiger partial charge in [-0.05, 0) is 12.1 Å². The molecule has 0 radical (unpaired) electrons. The molecule has 1 heterocycles. The molecule has 1 aromatic heterocycles. The van der Waals surface area contributed by atoms with Gasteiger partial charge in [0.2, 0.25) is 0 Å². The van der Waals surface area contributed by atoms with Crippen LogP contribution in [0.1, 0.15) is 10.4 Å². The zero-order valence-electron chi connectivity index (χ0n) is 12.0. The summed E-state index contributed by atoms with van der Waals surface area (Å²) in [5, 5.41) is 6.88. The van der Waals surface area contributed by atoms with Crippen LogP contribution >= 0.6 is 0 Å². The Morgan fingerprint density at radius 3 is 2.95 bits per heavy atom. The molecule has 0 fully saturated rings. The predicted molar refractivity (Wildman–Crippen MR) is 79.5 cm³/mol. The number of hydrogen-bond acceptors (Lipinski definition) is 5. The number of nitrogens with one attached hydrogen (secondary N) is 1. The molecule has 0 bridgehead atoms. The Hall–Kier alpha value is -2.54. The molecule has 7 heteroatoms. The van der Waals surface area contributed by atoms with Crippen LogP contribution < -0.4 is 15.8 Å². The van der Waals surface area contributed by atoms with Gasteiger partial charge in [0.05, 0.1) is 43.4 Å². The minimum atomic E-state index is -0.301. The smallest absolute Gasteiger partial charge is 0.259 e. The lowest BCUT2D eigenvalue weighted by molar-refractivity contribution is 0.102. The van der Waals surface area contributed by atoms with E-state index >= 15 is 0 Å². The van der Waals surface area contributed by atoms with Crippen LogP contribution in [0.25, 0.3) is 0 Å². The Balaban J connectivity index is 2.11. The third-order valence-corrected chi connectivity index (χ3v) is 2.91. The molecule has 0 unspecified atom stereocenters. The summed E-state index contributed by atoms with van der Waals surface area (Å²) in [7, 11) is 3.10. The first-order valence-electron chi connectivity index (χ1n) is 6.41. The second-order valence-corrected chi connectivity index (χ2v) is 4.37. The number of nitrogens with zero attached hydrogens (tertiary/aromatic N) is 2. The van der Waals surface area contributed by atoms with Crippen molar-refractivity contribution in [1.29, 1.82) is 0 Å². The quantitative estimate of drug-likeness (QED) is 0.784. The van der Waals surface area contributed by atoms with Gasteiger partial charge in [0.15, 0.2) is 5.75 Å². The first-order chi connectivity index (χ1) is 10.2. The molecule has 0 aliphatic carbocycles. The second-order valence-electron chi connectivity index (χ2n) is 4.37. The lowest BCUT2D eigenvalue weighted by Crippen LogP contribution is -2.13. The van der Waals surface area contributed by atoms with Gasteiger partial charge in [-0.2, -0.15) is 5.10 Å². The number of methoxy groups -OCH3 is 2. The van der Waals surface area contributed by atoms with Gasteiger partial charge in [0, 0.05) is 13.3 Å². The normalized spacial score (nSPS) is 10.4. The van der Waals surface area contributed by atoms with Gasteiger partial charge in [0.1, 0.15) is 0 Å². The number of nitrogen functional groups attached to an aromatic ring is 1. The lowest BCUT2D eigenvalue weighted by Gasteiger charge is -2.10. The number of rotatable bonds is 6. The van der Waals surface area contributed by atoms with E-state index in [0.29, 0.717) is 35.8 Å². The number of anilines is 2. The summed E-state index contributed by atoms with van der Waals surface area (Å²) >= 11 is 0. The average molecular weight is 290 g/mol. The zero-order chi connectivity index (χ0) is 15.2. The van der Waals surface area contributed by atoms with E-state index in [1.54, 1.807) is 42.4 Å². The SMILES string of the molecule is COCCn1cc(NC(=O)c2cccc(N)c2OC)cn1. The van der Waals surface area contributed by atoms with Crippen molar-refractivity contribution in [3.63, 3.8) is 0 Å². The number of aromatic nitrogens is 2. The van der Waals surface area contributed by atoms with Crippen LogP contribution in [-0.2, 0) is 11.3 Å². The van der Waals surface area contributed by atoms with Crippen molar-refractivity contribution in [2.75, 3.05) is 31.9 Å². The Morgan fingerprint density at radius 1 is 1.43 bits per heavy atom. The van der Waals surface area contributed by atoms with Crippen LogP contribution in [-0.4, -0.2) is 36.5 Å². The van der Waals surface area contributed by atoms with Gasteiger partial charge < -0.3 is 20.5 Å². The summed E-state index contributed by atoms with van der Waals surface area (Å²) in [6.07, 6.45) is 3.31. The van der Waals surface area contributed by atoms with Gasteiger partial charge in [-0.1, -0.05) is 6.07 Å². The molecule has 7 nitrogen and oxygen atoms in total. The number of carbonyl (C=O) groups excluding carboxylic acids is 1. The van der Waals surface area contributed by atoms with E-state index < -0.39 is 0 Å². The standard InChI is InChI=1S/C14H18N4O3/c1-20-7-6-18-9-10(8-16-18)17-14(19)11-4-3-5-12(15)13(11)21-2/h3-5,8-9H,6-7,15H2,1-2H3,(H,17,19). The van der Waals surface area contributed by atoms with Gasteiger partial charge in [-0.25, -0.2) is 0 Å². The zero-order valence-corrected chi connectivity index (χ0v) is 12.0. The molecule has 21 heavy (non-hydrogen) atoms. The van der Waals surface area contributed by atoms with Crippen molar-refractivity contribution in [2.24, 2.45) is 0 Å².